The van der Waals surface area contributed by atoms with E-state index < -0.39 is 0 Å². The van der Waals surface area contributed by atoms with Crippen LogP contribution in [-0.4, -0.2) is 47.0 Å². The van der Waals surface area contributed by atoms with E-state index in [1.54, 1.807) is 0 Å². The van der Waals surface area contributed by atoms with Gasteiger partial charge in [-0.2, -0.15) is 0 Å². The average molecular weight is 284 g/mol. The number of nitrogens with one attached hydrogen (secondary N) is 1. The molecule has 2 unspecified atom stereocenters. The van der Waals surface area contributed by atoms with Crippen LogP contribution < -0.4 is 5.32 Å². The average Bonchev–Trinajstić information content (AvgIpc) is 3.06. The van der Waals surface area contributed by atoms with E-state index in [2.05, 4.69) is 24.1 Å². The number of carbonyl (C=O) groups excluding carboxylic acids is 1. The van der Waals surface area contributed by atoms with Crippen LogP contribution in [0.4, 0.5) is 0 Å². The lowest BCUT2D eigenvalue weighted by Crippen LogP contribution is -2.48. The van der Waals surface area contributed by atoms with Gasteiger partial charge in [-0.3, -0.25) is 4.79 Å². The third kappa shape index (κ3) is 3.88. The van der Waals surface area contributed by atoms with Gasteiger partial charge in [0.2, 0.25) is 5.91 Å². The second-order valence-corrected chi connectivity index (χ2v) is 7.68. The maximum atomic E-state index is 12.8. The number of thioether (sulfide) groups is 1. The number of hydrogen-bond donors (Lipinski definition) is 1. The lowest BCUT2D eigenvalue weighted by Gasteiger charge is -2.33. The summed E-state index contributed by atoms with van der Waals surface area (Å²) in [7, 11) is 0. The predicted octanol–water partition coefficient (Wildman–Crippen LogP) is 2.65. The first-order valence-electron chi connectivity index (χ1n) is 7.82. The van der Waals surface area contributed by atoms with Gasteiger partial charge in [-0.1, -0.05) is 13.3 Å². The number of rotatable bonds is 6. The van der Waals surface area contributed by atoms with Crippen LogP contribution in [0.25, 0.3) is 0 Å². The Morgan fingerprint density at radius 2 is 2.32 bits per heavy atom. The van der Waals surface area contributed by atoms with E-state index in [0.29, 0.717) is 11.9 Å². The first-order chi connectivity index (χ1) is 9.15. The molecule has 0 radical (unpaired) electrons. The molecule has 0 aliphatic carbocycles. The Morgan fingerprint density at radius 1 is 1.47 bits per heavy atom. The highest BCUT2D eigenvalue weighted by Gasteiger charge is 2.40. The highest BCUT2D eigenvalue weighted by Crippen LogP contribution is 2.39. The molecule has 2 aliphatic rings. The normalized spacial score (nSPS) is 30.7. The molecule has 19 heavy (non-hydrogen) atoms. The molecule has 2 heterocycles. The molecule has 2 saturated heterocycles. The highest BCUT2D eigenvalue weighted by molar-refractivity contribution is 8.01. The topological polar surface area (TPSA) is 32.3 Å². The van der Waals surface area contributed by atoms with Crippen molar-refractivity contribution in [3.63, 3.8) is 0 Å². The van der Waals surface area contributed by atoms with E-state index in [9.17, 15) is 4.79 Å². The van der Waals surface area contributed by atoms with E-state index in [4.69, 9.17) is 0 Å². The molecule has 0 bridgehead atoms. The monoisotopic (exact) mass is 284 g/mol. The maximum absolute atomic E-state index is 12.8. The Hall–Kier alpha value is -0.220. The summed E-state index contributed by atoms with van der Waals surface area (Å²) in [6.07, 6.45) is 7.00. The van der Waals surface area contributed by atoms with Gasteiger partial charge in [-0.05, 0) is 51.3 Å². The Balaban J connectivity index is 1.96. The second kappa shape index (κ2) is 6.98. The molecule has 2 fully saturated rings. The predicted molar refractivity (Wildman–Crippen MR) is 82.6 cm³/mol. The zero-order chi connectivity index (χ0) is 13.7. The number of unbranched alkanes of at least 4 members (excludes halogenated alkanes) is 1. The summed E-state index contributed by atoms with van der Waals surface area (Å²) in [5.41, 5.74) is 0. The van der Waals surface area contributed by atoms with Crippen molar-refractivity contribution < 1.29 is 4.79 Å². The van der Waals surface area contributed by atoms with Crippen LogP contribution in [-0.2, 0) is 4.79 Å². The summed E-state index contributed by atoms with van der Waals surface area (Å²) < 4.78 is -0.146. The van der Waals surface area contributed by atoms with Crippen molar-refractivity contribution in [2.24, 2.45) is 0 Å². The SMILES string of the molecule is CCCCN(CC1CCCN1)C(=O)C1(C)CCCS1. The third-order valence-corrected chi connectivity index (χ3v) is 5.85. The van der Waals surface area contributed by atoms with Crippen LogP contribution in [0.15, 0.2) is 0 Å². The molecule has 2 aliphatic heterocycles. The van der Waals surface area contributed by atoms with Gasteiger partial charge in [0, 0.05) is 19.1 Å². The van der Waals surface area contributed by atoms with E-state index >= 15 is 0 Å². The highest BCUT2D eigenvalue weighted by atomic mass is 32.2. The first kappa shape index (κ1) is 15.2. The van der Waals surface area contributed by atoms with Crippen LogP contribution in [0.1, 0.15) is 52.4 Å². The lowest BCUT2D eigenvalue weighted by molar-refractivity contribution is -0.133. The van der Waals surface area contributed by atoms with E-state index in [-0.39, 0.29) is 4.75 Å². The molecule has 2 rings (SSSR count). The molecule has 1 N–H and O–H groups in total. The van der Waals surface area contributed by atoms with Crippen molar-refractivity contribution in [1.29, 1.82) is 0 Å². The van der Waals surface area contributed by atoms with E-state index in [1.165, 1.54) is 19.3 Å². The summed E-state index contributed by atoms with van der Waals surface area (Å²) in [4.78, 5) is 15.0. The molecule has 0 aromatic carbocycles. The largest absolute Gasteiger partial charge is 0.340 e. The van der Waals surface area contributed by atoms with Gasteiger partial charge in [-0.25, -0.2) is 0 Å². The molecule has 110 valence electrons. The Morgan fingerprint density at radius 3 is 2.89 bits per heavy atom. The summed E-state index contributed by atoms with van der Waals surface area (Å²) in [5.74, 6) is 1.53. The molecule has 4 heteroatoms. The number of hydrogen-bond acceptors (Lipinski definition) is 3. The zero-order valence-electron chi connectivity index (χ0n) is 12.4. The van der Waals surface area contributed by atoms with Crippen molar-refractivity contribution in [2.45, 2.75) is 63.2 Å². The first-order valence-corrected chi connectivity index (χ1v) is 8.81. The molecule has 2 atom stereocenters. The lowest BCUT2D eigenvalue weighted by atomic mass is 10.0. The van der Waals surface area contributed by atoms with Crippen LogP contribution >= 0.6 is 11.8 Å². The molecule has 0 aromatic rings. The Kier molecular flexibility index (Phi) is 5.58. The van der Waals surface area contributed by atoms with Gasteiger partial charge < -0.3 is 10.2 Å². The minimum atomic E-state index is -0.146. The molecule has 0 spiro atoms. The number of amides is 1. The maximum Gasteiger partial charge on any atom is 0.238 e. The molecule has 0 aromatic heterocycles. The van der Waals surface area contributed by atoms with E-state index in [1.807, 2.05) is 11.8 Å². The van der Waals surface area contributed by atoms with Crippen LogP contribution in [0.2, 0.25) is 0 Å². The van der Waals surface area contributed by atoms with Gasteiger partial charge in [0.05, 0.1) is 4.75 Å². The molecular formula is C15H28N2OS. The summed E-state index contributed by atoms with van der Waals surface area (Å²) in [6.45, 7) is 7.31. The molecule has 3 nitrogen and oxygen atoms in total. The van der Waals surface area contributed by atoms with Crippen molar-refractivity contribution in [2.75, 3.05) is 25.4 Å². The van der Waals surface area contributed by atoms with Crippen molar-refractivity contribution in [3.8, 4) is 0 Å². The van der Waals surface area contributed by atoms with Crippen molar-refractivity contribution in [1.82, 2.24) is 10.2 Å². The summed E-state index contributed by atoms with van der Waals surface area (Å²) >= 11 is 1.86. The summed E-state index contributed by atoms with van der Waals surface area (Å²) in [6, 6.07) is 0.524. The second-order valence-electron chi connectivity index (χ2n) is 6.08. The quantitative estimate of drug-likeness (QED) is 0.814. The smallest absolute Gasteiger partial charge is 0.238 e. The molecule has 0 saturated carbocycles. The van der Waals surface area contributed by atoms with Crippen LogP contribution in [0, 0.1) is 0 Å². The van der Waals surface area contributed by atoms with Gasteiger partial charge in [-0.15, -0.1) is 11.8 Å². The Bertz CT molecular complexity index is 297. The van der Waals surface area contributed by atoms with Gasteiger partial charge in [0.25, 0.3) is 0 Å². The third-order valence-electron chi connectivity index (χ3n) is 4.34. The van der Waals surface area contributed by atoms with E-state index in [0.717, 1.165) is 44.6 Å². The number of carbonyl (C=O) groups is 1. The molecular weight excluding hydrogens is 256 g/mol. The fourth-order valence-corrected chi connectivity index (χ4v) is 4.37. The minimum Gasteiger partial charge on any atom is -0.340 e. The van der Waals surface area contributed by atoms with Gasteiger partial charge >= 0.3 is 0 Å². The fraction of sp³-hybridized carbons (Fsp3) is 0.933. The van der Waals surface area contributed by atoms with Gasteiger partial charge in [0.15, 0.2) is 0 Å². The minimum absolute atomic E-state index is 0.146. The summed E-state index contributed by atoms with van der Waals surface area (Å²) in [5, 5.41) is 3.52. The fourth-order valence-electron chi connectivity index (χ4n) is 3.09. The standard InChI is InChI=1S/C15H28N2OS/c1-3-4-10-17(12-13-7-5-9-16-13)14(18)15(2)8-6-11-19-15/h13,16H,3-12H2,1-2H3. The Labute approximate surface area is 121 Å². The zero-order valence-corrected chi connectivity index (χ0v) is 13.2. The van der Waals surface area contributed by atoms with Crippen molar-refractivity contribution >= 4 is 17.7 Å². The van der Waals surface area contributed by atoms with Crippen LogP contribution in [0.5, 0.6) is 0 Å². The van der Waals surface area contributed by atoms with Crippen LogP contribution in [0.3, 0.4) is 0 Å². The van der Waals surface area contributed by atoms with Crippen molar-refractivity contribution in [3.05, 3.63) is 0 Å². The molecule has 1 amide bonds. The number of nitrogens with zero attached hydrogens (tertiary/aromatic N) is 1. The van der Waals surface area contributed by atoms with Gasteiger partial charge in [0.1, 0.15) is 0 Å².